The second kappa shape index (κ2) is 6.51. The Balaban J connectivity index is 1.82. The van der Waals surface area contributed by atoms with Gasteiger partial charge < -0.3 is 15.6 Å². The van der Waals surface area contributed by atoms with Gasteiger partial charge in [-0.1, -0.05) is 0 Å². The van der Waals surface area contributed by atoms with Crippen LogP contribution in [0, 0.1) is 6.92 Å². The predicted molar refractivity (Wildman–Crippen MR) is 76.9 cm³/mol. The summed E-state index contributed by atoms with van der Waals surface area (Å²) in [6.07, 6.45) is 3.37. The molecule has 0 bridgehead atoms. The molecule has 0 saturated heterocycles. The van der Waals surface area contributed by atoms with Gasteiger partial charge in [-0.2, -0.15) is 0 Å². The van der Waals surface area contributed by atoms with Crippen molar-refractivity contribution in [1.82, 2.24) is 15.3 Å². The van der Waals surface area contributed by atoms with Crippen molar-refractivity contribution in [3.8, 4) is 0 Å². The molecule has 3 N–H and O–H groups in total. The quantitative estimate of drug-likeness (QED) is 0.706. The molecule has 0 aliphatic carbocycles. The average molecular weight is 272 g/mol. The van der Waals surface area contributed by atoms with Gasteiger partial charge in [0.1, 0.15) is 5.56 Å². The third-order valence-electron chi connectivity index (χ3n) is 2.72. The molecule has 2 rings (SSSR count). The minimum atomic E-state index is -0.372. The van der Waals surface area contributed by atoms with Crippen LogP contribution in [0.2, 0.25) is 0 Å². The van der Waals surface area contributed by atoms with Gasteiger partial charge >= 0.3 is 0 Å². The number of aryl methyl sites for hydroxylation is 1. The number of aromatic amines is 1. The van der Waals surface area contributed by atoms with Crippen molar-refractivity contribution in [2.75, 3.05) is 18.4 Å². The van der Waals surface area contributed by atoms with Crippen molar-refractivity contribution in [3.63, 3.8) is 0 Å². The summed E-state index contributed by atoms with van der Waals surface area (Å²) in [5.74, 6) is -0.372. The maximum Gasteiger partial charge on any atom is 0.260 e. The van der Waals surface area contributed by atoms with Gasteiger partial charge in [0, 0.05) is 36.9 Å². The third-order valence-corrected chi connectivity index (χ3v) is 2.72. The molecule has 0 atom stereocenters. The van der Waals surface area contributed by atoms with Crippen molar-refractivity contribution in [1.29, 1.82) is 0 Å². The van der Waals surface area contributed by atoms with Gasteiger partial charge in [0.05, 0.1) is 0 Å². The maximum absolute atomic E-state index is 11.8. The lowest BCUT2D eigenvalue weighted by Crippen LogP contribution is -2.32. The van der Waals surface area contributed by atoms with Gasteiger partial charge in [-0.3, -0.25) is 14.6 Å². The third kappa shape index (κ3) is 3.68. The van der Waals surface area contributed by atoms with Crippen LogP contribution in [-0.2, 0) is 0 Å². The lowest BCUT2D eigenvalue weighted by atomic mass is 10.2. The number of rotatable bonds is 5. The minimum Gasteiger partial charge on any atom is -0.383 e. The molecule has 6 nitrogen and oxygen atoms in total. The van der Waals surface area contributed by atoms with Crippen LogP contribution in [0.1, 0.15) is 16.1 Å². The second-order valence-electron chi connectivity index (χ2n) is 4.30. The minimum absolute atomic E-state index is 0.125. The number of amides is 1. The van der Waals surface area contributed by atoms with Gasteiger partial charge in [-0.25, -0.2) is 0 Å². The number of pyridine rings is 2. The number of nitrogens with zero attached hydrogens (tertiary/aromatic N) is 1. The van der Waals surface area contributed by atoms with E-state index in [9.17, 15) is 9.59 Å². The predicted octanol–water partition coefficient (Wildman–Crippen LogP) is 0.920. The Morgan fingerprint density at radius 3 is 2.65 bits per heavy atom. The highest BCUT2D eigenvalue weighted by Crippen LogP contribution is 2.01. The molecule has 6 heteroatoms. The van der Waals surface area contributed by atoms with Crippen LogP contribution in [0.5, 0.6) is 0 Å². The number of hydrogen-bond acceptors (Lipinski definition) is 4. The Bertz CT molecular complexity index is 637. The van der Waals surface area contributed by atoms with Crippen LogP contribution in [0.25, 0.3) is 0 Å². The van der Waals surface area contributed by atoms with E-state index in [4.69, 9.17) is 0 Å². The molecule has 0 unspecified atom stereocenters. The molecular formula is C14H16N4O2. The van der Waals surface area contributed by atoms with Crippen molar-refractivity contribution >= 4 is 11.6 Å². The Hall–Kier alpha value is -2.63. The largest absolute Gasteiger partial charge is 0.383 e. The molecule has 0 saturated carbocycles. The molecule has 104 valence electrons. The molecule has 2 aromatic heterocycles. The Morgan fingerprint density at radius 1 is 1.20 bits per heavy atom. The summed E-state index contributed by atoms with van der Waals surface area (Å²) < 4.78 is 0. The van der Waals surface area contributed by atoms with Crippen LogP contribution in [-0.4, -0.2) is 29.0 Å². The van der Waals surface area contributed by atoms with E-state index in [0.717, 1.165) is 11.4 Å². The first-order chi connectivity index (χ1) is 9.66. The van der Waals surface area contributed by atoms with E-state index >= 15 is 0 Å². The monoisotopic (exact) mass is 272 g/mol. The van der Waals surface area contributed by atoms with Crippen molar-refractivity contribution in [2.24, 2.45) is 0 Å². The number of nitrogens with one attached hydrogen (secondary N) is 3. The molecule has 0 radical (unpaired) electrons. The topological polar surface area (TPSA) is 86.9 Å². The molecule has 2 heterocycles. The van der Waals surface area contributed by atoms with Gasteiger partial charge in [0.15, 0.2) is 0 Å². The molecule has 0 fully saturated rings. The van der Waals surface area contributed by atoms with E-state index in [0.29, 0.717) is 13.1 Å². The fourth-order valence-electron chi connectivity index (χ4n) is 1.70. The van der Waals surface area contributed by atoms with Crippen LogP contribution in [0.4, 0.5) is 5.69 Å². The zero-order valence-electron chi connectivity index (χ0n) is 11.1. The number of hydrogen-bond donors (Lipinski definition) is 3. The normalized spacial score (nSPS) is 10.1. The van der Waals surface area contributed by atoms with Crippen LogP contribution in [0.3, 0.4) is 0 Å². The zero-order chi connectivity index (χ0) is 14.4. The van der Waals surface area contributed by atoms with E-state index in [1.807, 2.05) is 12.1 Å². The summed E-state index contributed by atoms with van der Waals surface area (Å²) >= 11 is 0. The smallest absolute Gasteiger partial charge is 0.260 e. The number of H-pyrrole nitrogens is 1. The summed E-state index contributed by atoms with van der Waals surface area (Å²) in [7, 11) is 0. The molecule has 0 aliphatic rings. The van der Waals surface area contributed by atoms with E-state index in [1.54, 1.807) is 25.4 Å². The first kappa shape index (κ1) is 13.8. The standard InChI is InChI=1S/C14H16N4O2/c1-10-2-3-12(14(20)18-10)13(19)17-9-8-16-11-4-6-15-7-5-11/h2-7H,8-9H2,1H3,(H,15,16)(H,17,19)(H,18,20). The molecule has 20 heavy (non-hydrogen) atoms. The summed E-state index contributed by atoms with van der Waals surface area (Å²) in [6.45, 7) is 2.76. The lowest BCUT2D eigenvalue weighted by Gasteiger charge is -2.07. The van der Waals surface area contributed by atoms with E-state index in [-0.39, 0.29) is 17.0 Å². The Morgan fingerprint density at radius 2 is 1.95 bits per heavy atom. The van der Waals surface area contributed by atoms with Crippen molar-refractivity contribution in [2.45, 2.75) is 6.92 Å². The van der Waals surface area contributed by atoms with E-state index in [1.165, 1.54) is 6.07 Å². The van der Waals surface area contributed by atoms with Crippen LogP contribution in [0.15, 0.2) is 41.5 Å². The van der Waals surface area contributed by atoms with Crippen LogP contribution < -0.4 is 16.2 Å². The zero-order valence-corrected chi connectivity index (χ0v) is 11.1. The highest BCUT2D eigenvalue weighted by atomic mass is 16.2. The summed E-state index contributed by atoms with van der Waals surface area (Å²) in [6, 6.07) is 6.91. The maximum atomic E-state index is 11.8. The van der Waals surface area contributed by atoms with Gasteiger partial charge in [-0.05, 0) is 31.2 Å². The summed E-state index contributed by atoms with van der Waals surface area (Å²) in [5, 5.41) is 5.83. The highest BCUT2D eigenvalue weighted by molar-refractivity contribution is 5.93. The SMILES string of the molecule is Cc1ccc(C(=O)NCCNc2ccncc2)c(=O)[nH]1. The number of anilines is 1. The average Bonchev–Trinajstić information content (AvgIpc) is 2.44. The van der Waals surface area contributed by atoms with Crippen molar-refractivity contribution in [3.05, 3.63) is 58.3 Å². The molecule has 0 aliphatic heterocycles. The van der Waals surface area contributed by atoms with Crippen molar-refractivity contribution < 1.29 is 4.79 Å². The summed E-state index contributed by atoms with van der Waals surface area (Å²) in [5.41, 5.74) is 1.41. The van der Waals surface area contributed by atoms with Gasteiger partial charge in [0.2, 0.25) is 0 Å². The fourth-order valence-corrected chi connectivity index (χ4v) is 1.70. The Labute approximate surface area is 116 Å². The van der Waals surface area contributed by atoms with E-state index < -0.39 is 0 Å². The van der Waals surface area contributed by atoms with Gasteiger partial charge in [-0.15, -0.1) is 0 Å². The molecular weight excluding hydrogens is 256 g/mol. The lowest BCUT2D eigenvalue weighted by molar-refractivity contribution is 0.0953. The van der Waals surface area contributed by atoms with Crippen LogP contribution >= 0.6 is 0 Å². The van der Waals surface area contributed by atoms with Gasteiger partial charge in [0.25, 0.3) is 11.5 Å². The molecule has 2 aromatic rings. The summed E-state index contributed by atoms with van der Waals surface area (Å²) in [4.78, 5) is 29.9. The highest BCUT2D eigenvalue weighted by Gasteiger charge is 2.09. The number of carbonyl (C=O) groups is 1. The number of carbonyl (C=O) groups excluding carboxylic acids is 1. The first-order valence-corrected chi connectivity index (χ1v) is 6.29. The van der Waals surface area contributed by atoms with E-state index in [2.05, 4.69) is 20.6 Å². The first-order valence-electron chi connectivity index (χ1n) is 6.29. The Kier molecular flexibility index (Phi) is 4.49. The molecule has 0 spiro atoms. The molecule has 1 amide bonds. The molecule has 0 aromatic carbocycles. The number of aromatic nitrogens is 2. The second-order valence-corrected chi connectivity index (χ2v) is 4.30. The fraction of sp³-hybridized carbons (Fsp3) is 0.214.